The van der Waals surface area contributed by atoms with Crippen LogP contribution in [0.5, 0.6) is 0 Å². The maximum Gasteiger partial charge on any atom is 0.209 e. The van der Waals surface area contributed by atoms with Crippen LogP contribution in [0, 0.1) is 0 Å². The Bertz CT molecular complexity index is 339. The van der Waals surface area contributed by atoms with E-state index >= 15 is 0 Å². The molecule has 15 heavy (non-hydrogen) atoms. The minimum Gasteiger partial charge on any atom is -0.370 e. The van der Waals surface area contributed by atoms with Gasteiger partial charge in [0.15, 0.2) is 0 Å². The number of hydrogen-bond donors (Lipinski definition) is 0. The molecule has 1 aromatic rings. The Labute approximate surface area is 93.6 Å². The molecular weight excluding hydrogens is 214 g/mol. The Hall–Kier alpha value is -1.06. The molecule has 80 valence electrons. The van der Waals surface area contributed by atoms with Gasteiger partial charge in [-0.3, -0.25) is 4.79 Å². The molecule has 3 nitrogen and oxygen atoms in total. The zero-order valence-electron chi connectivity index (χ0n) is 8.23. The minimum absolute atomic E-state index is 0.0267. The molecule has 4 heteroatoms. The lowest BCUT2D eigenvalue weighted by Crippen LogP contribution is -2.37. The van der Waals surface area contributed by atoms with Crippen LogP contribution >= 0.6 is 11.6 Å². The molecule has 1 aromatic carbocycles. The van der Waals surface area contributed by atoms with Crippen molar-refractivity contribution in [2.24, 2.45) is 0 Å². The molecule has 1 unspecified atom stereocenters. The van der Waals surface area contributed by atoms with Crippen molar-refractivity contribution in [3.63, 3.8) is 0 Å². The largest absolute Gasteiger partial charge is 0.370 e. The lowest BCUT2D eigenvalue weighted by Gasteiger charge is -2.30. The number of hydrogen-bond acceptors (Lipinski definition) is 2. The van der Waals surface area contributed by atoms with Crippen molar-refractivity contribution in [1.82, 2.24) is 4.90 Å². The first-order valence-electron chi connectivity index (χ1n) is 4.86. The fraction of sp³-hybridized carbons (Fsp3) is 0.364. The highest BCUT2D eigenvalue weighted by Gasteiger charge is 2.20. The summed E-state index contributed by atoms with van der Waals surface area (Å²) in [4.78, 5) is 12.4. The molecule has 1 fully saturated rings. The molecule has 1 aliphatic heterocycles. The van der Waals surface area contributed by atoms with Gasteiger partial charge in [0, 0.05) is 11.6 Å². The third-order valence-electron chi connectivity index (χ3n) is 2.49. The summed E-state index contributed by atoms with van der Waals surface area (Å²) in [5.41, 5.74) is 1.06. The number of rotatable bonds is 2. The second-order valence-electron chi connectivity index (χ2n) is 3.51. The highest BCUT2D eigenvalue weighted by Crippen LogP contribution is 2.22. The van der Waals surface area contributed by atoms with Crippen LogP contribution in [-0.2, 0) is 9.53 Å². The molecule has 0 aromatic heterocycles. The van der Waals surface area contributed by atoms with Gasteiger partial charge in [0.05, 0.1) is 13.2 Å². The van der Waals surface area contributed by atoms with Crippen LogP contribution in [0.15, 0.2) is 24.3 Å². The predicted octanol–water partition coefficient (Wildman–Crippen LogP) is 1.87. The topological polar surface area (TPSA) is 29.5 Å². The van der Waals surface area contributed by atoms with E-state index in [0.29, 0.717) is 24.7 Å². The number of benzene rings is 1. The maximum atomic E-state index is 10.6. The Balaban J connectivity index is 2.09. The normalized spacial score (nSPS) is 21.4. The zero-order valence-corrected chi connectivity index (χ0v) is 8.98. The van der Waals surface area contributed by atoms with E-state index < -0.39 is 0 Å². The Morgan fingerprint density at radius 3 is 2.80 bits per heavy atom. The van der Waals surface area contributed by atoms with Crippen LogP contribution in [0.2, 0.25) is 5.02 Å². The molecule has 0 aliphatic carbocycles. The van der Waals surface area contributed by atoms with Gasteiger partial charge in [-0.25, -0.2) is 0 Å². The number of carbonyl (C=O) groups excluding carboxylic acids is 1. The summed E-state index contributed by atoms with van der Waals surface area (Å²) < 4.78 is 5.59. The molecule has 1 heterocycles. The second-order valence-corrected chi connectivity index (χ2v) is 3.95. The molecule has 0 radical (unpaired) electrons. The van der Waals surface area contributed by atoms with Gasteiger partial charge >= 0.3 is 0 Å². The summed E-state index contributed by atoms with van der Waals surface area (Å²) in [6, 6.07) is 7.53. The van der Waals surface area contributed by atoms with Crippen molar-refractivity contribution in [3.05, 3.63) is 34.9 Å². The Morgan fingerprint density at radius 1 is 1.40 bits per heavy atom. The standard InChI is InChI=1S/C11H12ClNO2/c12-10-3-1-9(2-4-10)11-7-13(8-14)5-6-15-11/h1-4,8,11H,5-7H2. The van der Waals surface area contributed by atoms with Gasteiger partial charge in [-0.15, -0.1) is 0 Å². The number of ether oxygens (including phenoxy) is 1. The van der Waals surface area contributed by atoms with Crippen LogP contribution < -0.4 is 0 Å². The molecule has 1 atom stereocenters. The Morgan fingerprint density at radius 2 is 2.13 bits per heavy atom. The first kappa shape index (κ1) is 10.5. The SMILES string of the molecule is O=CN1CCOC(c2ccc(Cl)cc2)C1. The van der Waals surface area contributed by atoms with E-state index in [1.54, 1.807) is 4.90 Å². The highest BCUT2D eigenvalue weighted by atomic mass is 35.5. The van der Waals surface area contributed by atoms with E-state index in [1.165, 1.54) is 0 Å². The molecule has 2 rings (SSSR count). The third kappa shape index (κ3) is 2.49. The molecule has 1 aliphatic rings. The van der Waals surface area contributed by atoms with Gasteiger partial charge in [0.2, 0.25) is 6.41 Å². The van der Waals surface area contributed by atoms with Crippen LogP contribution in [0.25, 0.3) is 0 Å². The summed E-state index contributed by atoms with van der Waals surface area (Å²) in [5, 5.41) is 0.710. The van der Waals surface area contributed by atoms with Crippen molar-refractivity contribution in [1.29, 1.82) is 0 Å². The van der Waals surface area contributed by atoms with Crippen LogP contribution in [0.1, 0.15) is 11.7 Å². The summed E-state index contributed by atoms with van der Waals surface area (Å²) in [7, 11) is 0. The highest BCUT2D eigenvalue weighted by molar-refractivity contribution is 6.30. The summed E-state index contributed by atoms with van der Waals surface area (Å²) in [6.45, 7) is 1.88. The first-order chi connectivity index (χ1) is 7.29. The molecule has 0 N–H and O–H groups in total. The average Bonchev–Trinajstić information content (AvgIpc) is 2.30. The minimum atomic E-state index is -0.0267. The number of amides is 1. The van der Waals surface area contributed by atoms with Crippen LogP contribution in [0.4, 0.5) is 0 Å². The molecule has 1 saturated heterocycles. The van der Waals surface area contributed by atoms with E-state index in [-0.39, 0.29) is 6.10 Å². The Kier molecular flexibility index (Phi) is 3.23. The average molecular weight is 226 g/mol. The quantitative estimate of drug-likeness (QED) is 0.720. The fourth-order valence-corrected chi connectivity index (χ4v) is 1.77. The fourth-order valence-electron chi connectivity index (χ4n) is 1.64. The van der Waals surface area contributed by atoms with Crippen LogP contribution in [-0.4, -0.2) is 31.0 Å². The number of nitrogens with zero attached hydrogens (tertiary/aromatic N) is 1. The first-order valence-corrected chi connectivity index (χ1v) is 5.24. The van der Waals surface area contributed by atoms with Gasteiger partial charge in [-0.05, 0) is 17.7 Å². The zero-order chi connectivity index (χ0) is 10.7. The van der Waals surface area contributed by atoms with Gasteiger partial charge in [0.25, 0.3) is 0 Å². The smallest absolute Gasteiger partial charge is 0.209 e. The molecular formula is C11H12ClNO2. The van der Waals surface area contributed by atoms with Crippen molar-refractivity contribution in [2.45, 2.75) is 6.10 Å². The van der Waals surface area contributed by atoms with Crippen molar-refractivity contribution in [2.75, 3.05) is 19.7 Å². The number of morpholine rings is 1. The van der Waals surface area contributed by atoms with Crippen molar-refractivity contribution < 1.29 is 9.53 Å². The van der Waals surface area contributed by atoms with Crippen molar-refractivity contribution >= 4 is 18.0 Å². The van der Waals surface area contributed by atoms with Gasteiger partial charge in [0.1, 0.15) is 6.10 Å². The molecule has 0 saturated carbocycles. The van der Waals surface area contributed by atoms with Gasteiger partial charge in [-0.1, -0.05) is 23.7 Å². The van der Waals surface area contributed by atoms with Crippen molar-refractivity contribution in [3.8, 4) is 0 Å². The van der Waals surface area contributed by atoms with E-state index in [1.807, 2.05) is 24.3 Å². The number of halogens is 1. The molecule has 0 spiro atoms. The van der Waals surface area contributed by atoms with Crippen LogP contribution in [0.3, 0.4) is 0 Å². The monoisotopic (exact) mass is 225 g/mol. The lowest BCUT2D eigenvalue weighted by molar-refractivity contribution is -0.125. The van der Waals surface area contributed by atoms with E-state index in [9.17, 15) is 4.79 Å². The third-order valence-corrected chi connectivity index (χ3v) is 2.74. The maximum absolute atomic E-state index is 10.6. The second kappa shape index (κ2) is 4.64. The van der Waals surface area contributed by atoms with Gasteiger partial charge in [-0.2, -0.15) is 0 Å². The van der Waals surface area contributed by atoms with E-state index in [0.717, 1.165) is 12.0 Å². The van der Waals surface area contributed by atoms with E-state index in [4.69, 9.17) is 16.3 Å². The van der Waals surface area contributed by atoms with E-state index in [2.05, 4.69) is 0 Å². The number of carbonyl (C=O) groups is 1. The van der Waals surface area contributed by atoms with Gasteiger partial charge < -0.3 is 9.64 Å². The predicted molar refractivity (Wildman–Crippen MR) is 57.8 cm³/mol. The molecule has 0 bridgehead atoms. The lowest BCUT2D eigenvalue weighted by atomic mass is 10.1. The summed E-state index contributed by atoms with van der Waals surface area (Å²) >= 11 is 5.80. The molecule has 1 amide bonds. The summed E-state index contributed by atoms with van der Waals surface area (Å²) in [5.74, 6) is 0. The summed E-state index contributed by atoms with van der Waals surface area (Å²) in [6.07, 6.45) is 0.840.